The van der Waals surface area contributed by atoms with Crippen molar-refractivity contribution < 1.29 is 4.42 Å². The molecule has 0 bridgehead atoms. The minimum Gasteiger partial charge on any atom is -0.463 e. The quantitative estimate of drug-likeness (QED) is 0.792. The highest BCUT2D eigenvalue weighted by atomic mass is 35.5. The van der Waals surface area contributed by atoms with Crippen LogP contribution in [-0.4, -0.2) is 16.1 Å². The van der Waals surface area contributed by atoms with Gasteiger partial charge in [-0.3, -0.25) is 5.10 Å². The second-order valence-corrected chi connectivity index (χ2v) is 3.47. The number of aromatic amines is 1. The maximum absolute atomic E-state index is 5.73. The highest BCUT2D eigenvalue weighted by molar-refractivity contribution is 6.18. The minimum absolute atomic E-state index is 0.591. The van der Waals surface area contributed by atoms with E-state index in [4.69, 9.17) is 16.0 Å². The largest absolute Gasteiger partial charge is 0.463 e. The average molecular weight is 211 g/mol. The fraction of sp³-hybridized carbons (Fsp3) is 0.300. The Balaban J connectivity index is 2.43. The van der Waals surface area contributed by atoms with Crippen LogP contribution in [0, 0.1) is 6.92 Å². The number of furan rings is 1. The van der Waals surface area contributed by atoms with Gasteiger partial charge in [0.2, 0.25) is 0 Å². The SMILES string of the molecule is Cc1[nH]nc(-c2ccco2)c1CCCl. The number of hydrogen-bond donors (Lipinski definition) is 1. The summed E-state index contributed by atoms with van der Waals surface area (Å²) >= 11 is 5.73. The molecule has 0 fully saturated rings. The van der Waals surface area contributed by atoms with Crippen LogP contribution in [0.5, 0.6) is 0 Å². The van der Waals surface area contributed by atoms with Crippen molar-refractivity contribution >= 4 is 11.6 Å². The molecule has 2 rings (SSSR count). The number of rotatable bonds is 3. The maximum Gasteiger partial charge on any atom is 0.154 e. The van der Waals surface area contributed by atoms with Gasteiger partial charge in [0.1, 0.15) is 5.69 Å². The average Bonchev–Trinajstić information content (AvgIpc) is 2.77. The smallest absolute Gasteiger partial charge is 0.154 e. The third-order valence-electron chi connectivity index (χ3n) is 2.17. The van der Waals surface area contributed by atoms with Crippen LogP contribution in [0.4, 0.5) is 0 Å². The van der Waals surface area contributed by atoms with Crippen LogP contribution in [0.2, 0.25) is 0 Å². The van der Waals surface area contributed by atoms with E-state index in [0.29, 0.717) is 5.88 Å². The zero-order valence-electron chi connectivity index (χ0n) is 7.88. The van der Waals surface area contributed by atoms with Gasteiger partial charge in [-0.15, -0.1) is 11.6 Å². The van der Waals surface area contributed by atoms with E-state index in [9.17, 15) is 0 Å². The first kappa shape index (κ1) is 9.34. The Kier molecular flexibility index (Phi) is 2.59. The van der Waals surface area contributed by atoms with Crippen LogP contribution in [-0.2, 0) is 6.42 Å². The van der Waals surface area contributed by atoms with Crippen molar-refractivity contribution in [2.24, 2.45) is 0 Å². The number of nitrogens with zero attached hydrogens (tertiary/aromatic N) is 1. The van der Waals surface area contributed by atoms with Gasteiger partial charge in [0.05, 0.1) is 6.26 Å². The number of alkyl halides is 1. The van der Waals surface area contributed by atoms with E-state index in [-0.39, 0.29) is 0 Å². The highest BCUT2D eigenvalue weighted by Crippen LogP contribution is 2.24. The molecule has 2 heterocycles. The van der Waals surface area contributed by atoms with Gasteiger partial charge in [-0.1, -0.05) is 0 Å². The molecule has 0 radical (unpaired) electrons. The summed E-state index contributed by atoms with van der Waals surface area (Å²) in [6.45, 7) is 1.99. The van der Waals surface area contributed by atoms with Gasteiger partial charge in [0.25, 0.3) is 0 Å². The van der Waals surface area contributed by atoms with Gasteiger partial charge in [0.15, 0.2) is 5.76 Å². The molecule has 0 aromatic carbocycles. The Labute approximate surface area is 87.1 Å². The molecule has 0 saturated carbocycles. The van der Waals surface area contributed by atoms with E-state index in [1.807, 2.05) is 19.1 Å². The lowest BCUT2D eigenvalue weighted by Crippen LogP contribution is -1.89. The molecule has 4 heteroatoms. The monoisotopic (exact) mass is 210 g/mol. The second kappa shape index (κ2) is 3.88. The van der Waals surface area contributed by atoms with Crippen LogP contribution >= 0.6 is 11.6 Å². The van der Waals surface area contributed by atoms with Gasteiger partial charge >= 0.3 is 0 Å². The molecule has 0 unspecified atom stereocenters. The summed E-state index contributed by atoms with van der Waals surface area (Å²) in [5.41, 5.74) is 3.06. The number of H-pyrrole nitrogens is 1. The summed E-state index contributed by atoms with van der Waals surface area (Å²) in [7, 11) is 0. The molecule has 3 nitrogen and oxygen atoms in total. The third-order valence-corrected chi connectivity index (χ3v) is 2.36. The summed E-state index contributed by atoms with van der Waals surface area (Å²) in [5.74, 6) is 1.38. The summed E-state index contributed by atoms with van der Waals surface area (Å²) in [6.07, 6.45) is 2.45. The zero-order valence-corrected chi connectivity index (χ0v) is 8.64. The van der Waals surface area contributed by atoms with Crippen molar-refractivity contribution in [2.45, 2.75) is 13.3 Å². The van der Waals surface area contributed by atoms with E-state index in [1.165, 1.54) is 0 Å². The number of halogens is 1. The number of hydrogen-bond acceptors (Lipinski definition) is 2. The number of aromatic nitrogens is 2. The fourth-order valence-electron chi connectivity index (χ4n) is 1.47. The molecule has 0 aliphatic carbocycles. The summed E-state index contributed by atoms with van der Waals surface area (Å²) in [6, 6.07) is 3.75. The predicted octanol–water partition coefficient (Wildman–Crippen LogP) is 2.76. The van der Waals surface area contributed by atoms with Crippen LogP contribution < -0.4 is 0 Å². The van der Waals surface area contributed by atoms with Crippen LogP contribution in [0.3, 0.4) is 0 Å². The number of nitrogens with one attached hydrogen (secondary N) is 1. The van der Waals surface area contributed by atoms with Gasteiger partial charge in [-0.25, -0.2) is 0 Å². The van der Waals surface area contributed by atoms with Crippen LogP contribution in [0.15, 0.2) is 22.8 Å². The standard InChI is InChI=1S/C10H11ClN2O/c1-7-8(4-5-11)10(13-12-7)9-3-2-6-14-9/h2-3,6H,4-5H2,1H3,(H,12,13). The molecule has 1 N–H and O–H groups in total. The summed E-state index contributed by atoms with van der Waals surface area (Å²) < 4.78 is 5.29. The lowest BCUT2D eigenvalue weighted by atomic mass is 10.1. The van der Waals surface area contributed by atoms with E-state index in [2.05, 4.69) is 10.2 Å². The van der Waals surface area contributed by atoms with Crippen molar-refractivity contribution in [3.63, 3.8) is 0 Å². The maximum atomic E-state index is 5.73. The van der Waals surface area contributed by atoms with Crippen molar-refractivity contribution in [2.75, 3.05) is 5.88 Å². The van der Waals surface area contributed by atoms with Crippen molar-refractivity contribution in [1.82, 2.24) is 10.2 Å². The van der Waals surface area contributed by atoms with Crippen LogP contribution in [0.25, 0.3) is 11.5 Å². The van der Waals surface area contributed by atoms with Crippen molar-refractivity contribution in [1.29, 1.82) is 0 Å². The number of aryl methyl sites for hydroxylation is 1. The predicted molar refractivity (Wildman–Crippen MR) is 55.5 cm³/mol. The topological polar surface area (TPSA) is 41.8 Å². The van der Waals surface area contributed by atoms with Crippen molar-refractivity contribution in [3.8, 4) is 11.5 Å². The molecule has 0 amide bonds. The van der Waals surface area contributed by atoms with E-state index >= 15 is 0 Å². The Hall–Kier alpha value is -1.22. The molecule has 2 aromatic heterocycles. The second-order valence-electron chi connectivity index (χ2n) is 3.09. The Morgan fingerprint density at radius 1 is 1.57 bits per heavy atom. The Bertz CT molecular complexity index is 406. The lowest BCUT2D eigenvalue weighted by Gasteiger charge is -1.97. The van der Waals surface area contributed by atoms with E-state index in [1.54, 1.807) is 6.26 Å². The lowest BCUT2D eigenvalue weighted by molar-refractivity contribution is 0.579. The molecule has 0 atom stereocenters. The summed E-state index contributed by atoms with van der Waals surface area (Å²) in [5, 5.41) is 7.14. The van der Waals surface area contributed by atoms with Gasteiger partial charge < -0.3 is 4.42 Å². The molecule has 0 aliphatic heterocycles. The van der Waals surface area contributed by atoms with Gasteiger partial charge in [0, 0.05) is 17.1 Å². The van der Waals surface area contributed by atoms with E-state index < -0.39 is 0 Å². The molecule has 14 heavy (non-hydrogen) atoms. The third kappa shape index (κ3) is 1.55. The molecular weight excluding hydrogens is 200 g/mol. The molecule has 0 saturated heterocycles. The van der Waals surface area contributed by atoms with Gasteiger partial charge in [-0.2, -0.15) is 5.10 Å². The van der Waals surface area contributed by atoms with E-state index in [0.717, 1.165) is 29.1 Å². The first-order valence-electron chi connectivity index (χ1n) is 4.46. The molecular formula is C10H11ClN2O. The molecule has 0 aliphatic rings. The first-order valence-corrected chi connectivity index (χ1v) is 5.00. The minimum atomic E-state index is 0.591. The van der Waals surface area contributed by atoms with Crippen LogP contribution in [0.1, 0.15) is 11.3 Å². The molecule has 2 aromatic rings. The fourth-order valence-corrected chi connectivity index (χ4v) is 1.66. The zero-order chi connectivity index (χ0) is 9.97. The summed E-state index contributed by atoms with van der Waals surface area (Å²) in [4.78, 5) is 0. The Morgan fingerprint density at radius 2 is 2.43 bits per heavy atom. The first-order chi connectivity index (χ1) is 6.83. The highest BCUT2D eigenvalue weighted by Gasteiger charge is 2.13. The van der Waals surface area contributed by atoms with Crippen molar-refractivity contribution in [3.05, 3.63) is 29.7 Å². The normalized spacial score (nSPS) is 10.7. The van der Waals surface area contributed by atoms with Gasteiger partial charge in [-0.05, 0) is 25.5 Å². The molecule has 74 valence electrons. The Morgan fingerprint density at radius 3 is 3.07 bits per heavy atom. The molecule has 0 spiro atoms.